The van der Waals surface area contributed by atoms with Gasteiger partial charge in [0.15, 0.2) is 0 Å². The molecule has 0 saturated carbocycles. The van der Waals surface area contributed by atoms with Crippen LogP contribution in [-0.4, -0.2) is 18.6 Å². The highest BCUT2D eigenvalue weighted by molar-refractivity contribution is 9.10. The standard InChI is InChI=1S/C16H25BrN2/c1-12-7-8-19(11-12)15-6-5-14(17)9-13(15)10-18-16(2,3)4/h5-6,9,12,18H,7-8,10-11H2,1-4H3. The smallest absolute Gasteiger partial charge is 0.0412 e. The van der Waals surface area contributed by atoms with Crippen LogP contribution in [0.2, 0.25) is 0 Å². The van der Waals surface area contributed by atoms with E-state index in [1.54, 1.807) is 0 Å². The maximum atomic E-state index is 3.59. The highest BCUT2D eigenvalue weighted by atomic mass is 79.9. The summed E-state index contributed by atoms with van der Waals surface area (Å²) in [6.07, 6.45) is 1.31. The molecule has 2 nitrogen and oxygen atoms in total. The molecule has 0 amide bonds. The number of hydrogen-bond donors (Lipinski definition) is 1. The molecule has 1 fully saturated rings. The molecular formula is C16H25BrN2. The predicted molar refractivity (Wildman–Crippen MR) is 86.7 cm³/mol. The summed E-state index contributed by atoms with van der Waals surface area (Å²) in [4.78, 5) is 2.52. The maximum Gasteiger partial charge on any atom is 0.0412 e. The first-order valence-electron chi connectivity index (χ1n) is 7.13. The van der Waals surface area contributed by atoms with Crippen molar-refractivity contribution in [1.29, 1.82) is 0 Å². The van der Waals surface area contributed by atoms with Crippen LogP contribution in [-0.2, 0) is 6.54 Å². The van der Waals surface area contributed by atoms with Crippen LogP contribution in [0, 0.1) is 5.92 Å². The van der Waals surface area contributed by atoms with Gasteiger partial charge in [0.2, 0.25) is 0 Å². The summed E-state index contributed by atoms with van der Waals surface area (Å²) in [5.41, 5.74) is 2.93. The van der Waals surface area contributed by atoms with Gasteiger partial charge in [0.1, 0.15) is 0 Å². The second kappa shape index (κ2) is 5.84. The number of nitrogens with one attached hydrogen (secondary N) is 1. The SMILES string of the molecule is CC1CCN(c2ccc(Br)cc2CNC(C)(C)C)C1. The number of anilines is 1. The molecule has 0 aromatic heterocycles. The minimum atomic E-state index is 0.151. The average Bonchev–Trinajstić information content (AvgIpc) is 2.72. The van der Waals surface area contributed by atoms with Crippen LogP contribution in [0.1, 0.15) is 39.7 Å². The van der Waals surface area contributed by atoms with Crippen molar-refractivity contribution < 1.29 is 0 Å². The van der Waals surface area contributed by atoms with Gasteiger partial charge in [0.05, 0.1) is 0 Å². The molecule has 19 heavy (non-hydrogen) atoms. The zero-order valence-corrected chi connectivity index (χ0v) is 14.0. The summed E-state index contributed by atoms with van der Waals surface area (Å²) >= 11 is 3.59. The van der Waals surface area contributed by atoms with E-state index in [2.05, 4.69) is 72.0 Å². The number of nitrogens with zero attached hydrogens (tertiary/aromatic N) is 1. The van der Waals surface area contributed by atoms with Gasteiger partial charge < -0.3 is 10.2 Å². The first-order valence-corrected chi connectivity index (χ1v) is 7.93. The Hall–Kier alpha value is -0.540. The van der Waals surface area contributed by atoms with Crippen molar-refractivity contribution in [3.63, 3.8) is 0 Å². The Morgan fingerprint density at radius 2 is 2.11 bits per heavy atom. The lowest BCUT2D eigenvalue weighted by atomic mass is 10.1. The highest BCUT2D eigenvalue weighted by Gasteiger charge is 2.21. The molecule has 1 N–H and O–H groups in total. The molecule has 1 aliphatic heterocycles. The molecule has 0 bridgehead atoms. The van der Waals surface area contributed by atoms with Crippen LogP contribution < -0.4 is 10.2 Å². The van der Waals surface area contributed by atoms with Gasteiger partial charge in [0, 0.05) is 35.3 Å². The maximum absolute atomic E-state index is 3.59. The van der Waals surface area contributed by atoms with Crippen molar-refractivity contribution in [2.45, 2.75) is 46.2 Å². The summed E-state index contributed by atoms with van der Waals surface area (Å²) < 4.78 is 1.16. The van der Waals surface area contributed by atoms with Gasteiger partial charge in [-0.3, -0.25) is 0 Å². The van der Waals surface area contributed by atoms with E-state index in [0.717, 1.165) is 16.9 Å². The van der Waals surface area contributed by atoms with Gasteiger partial charge in [-0.05, 0) is 56.9 Å². The van der Waals surface area contributed by atoms with Crippen molar-refractivity contribution in [2.75, 3.05) is 18.0 Å². The molecule has 1 saturated heterocycles. The van der Waals surface area contributed by atoms with Gasteiger partial charge in [-0.2, -0.15) is 0 Å². The fourth-order valence-electron chi connectivity index (χ4n) is 2.52. The molecule has 3 heteroatoms. The first-order chi connectivity index (χ1) is 8.85. The van der Waals surface area contributed by atoms with E-state index in [1.165, 1.54) is 30.8 Å². The molecule has 1 aliphatic rings. The molecular weight excluding hydrogens is 300 g/mol. The lowest BCUT2D eigenvalue weighted by Gasteiger charge is -2.25. The van der Waals surface area contributed by atoms with Crippen molar-refractivity contribution in [2.24, 2.45) is 5.92 Å². The van der Waals surface area contributed by atoms with Crippen molar-refractivity contribution in [3.8, 4) is 0 Å². The fraction of sp³-hybridized carbons (Fsp3) is 0.625. The van der Waals surface area contributed by atoms with Gasteiger partial charge in [-0.15, -0.1) is 0 Å². The molecule has 1 aromatic carbocycles. The average molecular weight is 325 g/mol. The zero-order valence-electron chi connectivity index (χ0n) is 12.5. The van der Waals surface area contributed by atoms with E-state index in [0.29, 0.717) is 0 Å². The summed E-state index contributed by atoms with van der Waals surface area (Å²) in [5.74, 6) is 0.812. The number of hydrogen-bond acceptors (Lipinski definition) is 2. The largest absolute Gasteiger partial charge is 0.371 e. The monoisotopic (exact) mass is 324 g/mol. The van der Waals surface area contributed by atoms with E-state index < -0.39 is 0 Å². The molecule has 0 radical (unpaired) electrons. The Morgan fingerprint density at radius 1 is 1.37 bits per heavy atom. The van der Waals surface area contributed by atoms with E-state index >= 15 is 0 Å². The summed E-state index contributed by atoms with van der Waals surface area (Å²) in [6, 6.07) is 6.65. The lowest BCUT2D eigenvalue weighted by Crippen LogP contribution is -2.35. The Balaban J connectivity index is 2.18. The zero-order chi connectivity index (χ0) is 14.0. The third-order valence-corrected chi connectivity index (χ3v) is 4.11. The van der Waals surface area contributed by atoms with Crippen LogP contribution in [0.5, 0.6) is 0 Å². The fourth-order valence-corrected chi connectivity index (χ4v) is 2.93. The molecule has 1 atom stereocenters. The van der Waals surface area contributed by atoms with Crippen LogP contribution in [0.25, 0.3) is 0 Å². The molecule has 2 rings (SSSR count). The Kier molecular flexibility index (Phi) is 4.57. The highest BCUT2D eigenvalue weighted by Crippen LogP contribution is 2.29. The van der Waals surface area contributed by atoms with Gasteiger partial charge >= 0.3 is 0 Å². The minimum Gasteiger partial charge on any atom is -0.371 e. The van der Waals surface area contributed by atoms with Gasteiger partial charge in [0.25, 0.3) is 0 Å². The van der Waals surface area contributed by atoms with E-state index in [-0.39, 0.29) is 5.54 Å². The van der Waals surface area contributed by atoms with Crippen LogP contribution in [0.15, 0.2) is 22.7 Å². The Bertz CT molecular complexity index is 437. The van der Waals surface area contributed by atoms with E-state index in [1.807, 2.05) is 0 Å². The minimum absolute atomic E-state index is 0.151. The summed E-state index contributed by atoms with van der Waals surface area (Å²) in [7, 11) is 0. The molecule has 1 heterocycles. The second-order valence-electron chi connectivity index (χ2n) is 6.72. The predicted octanol–water partition coefficient (Wildman–Crippen LogP) is 4.18. The van der Waals surface area contributed by atoms with Gasteiger partial charge in [-0.1, -0.05) is 22.9 Å². The quantitative estimate of drug-likeness (QED) is 0.897. The number of halogens is 1. The van der Waals surface area contributed by atoms with Crippen molar-refractivity contribution >= 4 is 21.6 Å². The Labute approximate surface area is 125 Å². The molecule has 0 spiro atoms. The number of benzene rings is 1. The lowest BCUT2D eigenvalue weighted by molar-refractivity contribution is 0.424. The van der Waals surface area contributed by atoms with Crippen molar-refractivity contribution in [3.05, 3.63) is 28.2 Å². The summed E-state index contributed by atoms with van der Waals surface area (Å²) in [6.45, 7) is 12.3. The third kappa shape index (κ3) is 4.22. The van der Waals surface area contributed by atoms with Crippen LogP contribution >= 0.6 is 15.9 Å². The summed E-state index contributed by atoms with van der Waals surface area (Å²) in [5, 5.41) is 3.59. The second-order valence-corrected chi connectivity index (χ2v) is 7.63. The normalized spacial score (nSPS) is 20.1. The third-order valence-electron chi connectivity index (χ3n) is 3.62. The number of rotatable bonds is 3. The van der Waals surface area contributed by atoms with Crippen molar-refractivity contribution in [1.82, 2.24) is 5.32 Å². The van der Waals surface area contributed by atoms with E-state index in [4.69, 9.17) is 0 Å². The van der Waals surface area contributed by atoms with Gasteiger partial charge in [-0.25, -0.2) is 0 Å². The molecule has 0 aliphatic carbocycles. The molecule has 106 valence electrons. The molecule has 1 unspecified atom stereocenters. The van der Waals surface area contributed by atoms with E-state index in [9.17, 15) is 0 Å². The van der Waals surface area contributed by atoms with Crippen LogP contribution in [0.4, 0.5) is 5.69 Å². The first kappa shape index (κ1) is 14.9. The topological polar surface area (TPSA) is 15.3 Å². The van der Waals surface area contributed by atoms with Crippen LogP contribution in [0.3, 0.4) is 0 Å². The Morgan fingerprint density at radius 3 is 2.68 bits per heavy atom. The molecule has 1 aromatic rings.